The van der Waals surface area contributed by atoms with Crippen LogP contribution in [-0.2, 0) is 11.2 Å². The quantitative estimate of drug-likeness (QED) is 0.842. The highest BCUT2D eigenvalue weighted by molar-refractivity contribution is 5.94. The van der Waals surface area contributed by atoms with E-state index in [1.807, 2.05) is 21.9 Å². The molecule has 0 aliphatic carbocycles. The first-order valence-electron chi connectivity index (χ1n) is 9.35. The summed E-state index contributed by atoms with van der Waals surface area (Å²) in [5.41, 5.74) is 2.08. The molecule has 2 saturated heterocycles. The van der Waals surface area contributed by atoms with Crippen LogP contribution in [0.3, 0.4) is 0 Å². The standard InChI is InChI=1S/C20H29N3O2/c1-16(24)22-9-7-18(8-10-22)15-17-3-5-19(6-4-17)20(25)23-13-11-21(2)12-14-23/h3-6,18H,7-15H2,1-2H3. The number of hydrogen-bond donors (Lipinski definition) is 0. The van der Waals surface area contributed by atoms with E-state index in [4.69, 9.17) is 0 Å². The van der Waals surface area contributed by atoms with Crippen LogP contribution < -0.4 is 0 Å². The number of likely N-dealkylation sites (N-methyl/N-ethyl adjacent to an activating group) is 1. The van der Waals surface area contributed by atoms with Gasteiger partial charge in [0.25, 0.3) is 5.91 Å². The van der Waals surface area contributed by atoms with E-state index in [0.29, 0.717) is 5.92 Å². The van der Waals surface area contributed by atoms with Crippen LogP contribution in [0.5, 0.6) is 0 Å². The second-order valence-electron chi connectivity index (χ2n) is 7.45. The maximum Gasteiger partial charge on any atom is 0.253 e. The van der Waals surface area contributed by atoms with Crippen molar-refractivity contribution in [2.75, 3.05) is 46.3 Å². The molecule has 3 rings (SSSR count). The van der Waals surface area contributed by atoms with Gasteiger partial charge in [-0.25, -0.2) is 0 Å². The minimum atomic E-state index is 0.148. The molecule has 0 radical (unpaired) electrons. The van der Waals surface area contributed by atoms with Crippen LogP contribution in [0.4, 0.5) is 0 Å². The second-order valence-corrected chi connectivity index (χ2v) is 7.45. The van der Waals surface area contributed by atoms with Crippen molar-refractivity contribution in [2.24, 2.45) is 5.92 Å². The summed E-state index contributed by atoms with van der Waals surface area (Å²) in [5.74, 6) is 0.967. The van der Waals surface area contributed by atoms with Crippen molar-refractivity contribution in [2.45, 2.75) is 26.2 Å². The lowest BCUT2D eigenvalue weighted by Gasteiger charge is -2.32. The predicted molar refractivity (Wildman–Crippen MR) is 98.5 cm³/mol. The zero-order valence-electron chi connectivity index (χ0n) is 15.4. The van der Waals surface area contributed by atoms with E-state index < -0.39 is 0 Å². The fraction of sp³-hybridized carbons (Fsp3) is 0.600. The van der Waals surface area contributed by atoms with Crippen LogP contribution in [0.1, 0.15) is 35.7 Å². The van der Waals surface area contributed by atoms with Gasteiger partial charge in [-0.15, -0.1) is 0 Å². The number of piperidine rings is 1. The molecular formula is C20H29N3O2. The molecule has 0 atom stereocenters. The lowest BCUT2D eigenvalue weighted by Crippen LogP contribution is -2.47. The maximum atomic E-state index is 12.6. The number of likely N-dealkylation sites (tertiary alicyclic amines) is 1. The van der Waals surface area contributed by atoms with E-state index in [-0.39, 0.29) is 11.8 Å². The van der Waals surface area contributed by atoms with Crippen LogP contribution in [-0.4, -0.2) is 72.8 Å². The zero-order chi connectivity index (χ0) is 17.8. The van der Waals surface area contributed by atoms with Gasteiger partial charge in [0, 0.05) is 51.8 Å². The van der Waals surface area contributed by atoms with Gasteiger partial charge in [0.05, 0.1) is 0 Å². The SMILES string of the molecule is CC(=O)N1CCC(Cc2ccc(C(=O)N3CCN(C)CC3)cc2)CC1. The van der Waals surface area contributed by atoms with Crippen molar-refractivity contribution >= 4 is 11.8 Å². The molecule has 0 aromatic heterocycles. The number of carbonyl (C=O) groups is 2. The van der Waals surface area contributed by atoms with Gasteiger partial charge in [0.15, 0.2) is 0 Å². The Morgan fingerprint density at radius 3 is 2.08 bits per heavy atom. The second kappa shape index (κ2) is 8.00. The Morgan fingerprint density at radius 2 is 1.52 bits per heavy atom. The highest BCUT2D eigenvalue weighted by atomic mass is 16.2. The summed E-state index contributed by atoms with van der Waals surface area (Å²) in [6, 6.07) is 8.14. The fourth-order valence-electron chi connectivity index (χ4n) is 3.76. The molecule has 0 saturated carbocycles. The molecule has 5 nitrogen and oxygen atoms in total. The Hall–Kier alpha value is -1.88. The van der Waals surface area contributed by atoms with E-state index in [1.54, 1.807) is 6.92 Å². The van der Waals surface area contributed by atoms with Crippen LogP contribution in [0, 0.1) is 5.92 Å². The van der Waals surface area contributed by atoms with Crippen molar-refractivity contribution in [3.8, 4) is 0 Å². The number of benzene rings is 1. The average Bonchev–Trinajstić information content (AvgIpc) is 2.63. The van der Waals surface area contributed by atoms with Crippen molar-refractivity contribution < 1.29 is 9.59 Å². The third-order valence-electron chi connectivity index (χ3n) is 5.58. The van der Waals surface area contributed by atoms with E-state index in [1.165, 1.54) is 5.56 Å². The summed E-state index contributed by atoms with van der Waals surface area (Å²) in [6.07, 6.45) is 3.18. The lowest BCUT2D eigenvalue weighted by molar-refractivity contribution is -0.130. The number of rotatable bonds is 3. The highest BCUT2D eigenvalue weighted by Crippen LogP contribution is 2.22. The van der Waals surface area contributed by atoms with Crippen molar-refractivity contribution in [3.63, 3.8) is 0 Å². The van der Waals surface area contributed by atoms with Crippen molar-refractivity contribution in [3.05, 3.63) is 35.4 Å². The van der Waals surface area contributed by atoms with Crippen LogP contribution in [0.25, 0.3) is 0 Å². The molecule has 136 valence electrons. The third kappa shape index (κ3) is 4.60. The Labute approximate surface area is 150 Å². The number of hydrogen-bond acceptors (Lipinski definition) is 3. The molecule has 2 heterocycles. The maximum absolute atomic E-state index is 12.6. The number of piperazine rings is 1. The summed E-state index contributed by atoms with van der Waals surface area (Å²) in [6.45, 7) is 6.92. The smallest absolute Gasteiger partial charge is 0.253 e. The zero-order valence-corrected chi connectivity index (χ0v) is 15.4. The van der Waals surface area contributed by atoms with Gasteiger partial charge in [-0.05, 0) is 49.9 Å². The fourth-order valence-corrected chi connectivity index (χ4v) is 3.76. The van der Waals surface area contributed by atoms with E-state index in [9.17, 15) is 9.59 Å². The largest absolute Gasteiger partial charge is 0.343 e. The minimum absolute atomic E-state index is 0.148. The predicted octanol–water partition coefficient (Wildman–Crippen LogP) is 1.88. The van der Waals surface area contributed by atoms with E-state index in [0.717, 1.165) is 64.1 Å². The van der Waals surface area contributed by atoms with Gasteiger partial charge in [0.1, 0.15) is 0 Å². The van der Waals surface area contributed by atoms with Gasteiger partial charge in [0.2, 0.25) is 5.91 Å². The van der Waals surface area contributed by atoms with Crippen LogP contribution in [0.2, 0.25) is 0 Å². The van der Waals surface area contributed by atoms with Gasteiger partial charge in [-0.2, -0.15) is 0 Å². The first kappa shape index (κ1) is 17.9. The molecule has 0 bridgehead atoms. The summed E-state index contributed by atoms with van der Waals surface area (Å²) in [4.78, 5) is 30.1. The molecule has 1 aromatic carbocycles. The normalized spacial score (nSPS) is 19.9. The molecule has 1 aromatic rings. The molecule has 2 aliphatic rings. The summed E-state index contributed by atoms with van der Waals surface area (Å²) < 4.78 is 0. The first-order chi connectivity index (χ1) is 12.0. The number of nitrogens with zero attached hydrogens (tertiary/aromatic N) is 3. The molecular weight excluding hydrogens is 314 g/mol. The van der Waals surface area contributed by atoms with Gasteiger partial charge < -0.3 is 14.7 Å². The molecule has 2 aliphatic heterocycles. The Balaban J connectivity index is 1.52. The van der Waals surface area contributed by atoms with Crippen LogP contribution in [0.15, 0.2) is 24.3 Å². The number of amides is 2. The van der Waals surface area contributed by atoms with Gasteiger partial charge >= 0.3 is 0 Å². The average molecular weight is 343 g/mol. The topological polar surface area (TPSA) is 43.9 Å². The van der Waals surface area contributed by atoms with E-state index in [2.05, 4.69) is 24.1 Å². The summed E-state index contributed by atoms with van der Waals surface area (Å²) >= 11 is 0. The molecule has 0 N–H and O–H groups in total. The minimum Gasteiger partial charge on any atom is -0.343 e. The molecule has 25 heavy (non-hydrogen) atoms. The van der Waals surface area contributed by atoms with Gasteiger partial charge in [-0.1, -0.05) is 12.1 Å². The van der Waals surface area contributed by atoms with E-state index >= 15 is 0 Å². The van der Waals surface area contributed by atoms with Crippen molar-refractivity contribution in [1.82, 2.24) is 14.7 Å². The molecule has 2 fully saturated rings. The van der Waals surface area contributed by atoms with Gasteiger partial charge in [-0.3, -0.25) is 9.59 Å². The third-order valence-corrected chi connectivity index (χ3v) is 5.58. The Morgan fingerprint density at radius 1 is 0.920 bits per heavy atom. The molecule has 0 spiro atoms. The Kier molecular flexibility index (Phi) is 5.74. The molecule has 5 heteroatoms. The highest BCUT2D eigenvalue weighted by Gasteiger charge is 2.22. The molecule has 2 amide bonds. The van der Waals surface area contributed by atoms with Crippen molar-refractivity contribution in [1.29, 1.82) is 0 Å². The lowest BCUT2D eigenvalue weighted by atomic mass is 9.90. The monoisotopic (exact) mass is 343 g/mol. The molecule has 0 unspecified atom stereocenters. The first-order valence-corrected chi connectivity index (χ1v) is 9.35. The summed E-state index contributed by atoms with van der Waals surface area (Å²) in [5, 5.41) is 0. The summed E-state index contributed by atoms with van der Waals surface area (Å²) in [7, 11) is 2.09. The number of carbonyl (C=O) groups excluding carboxylic acids is 2. The Bertz CT molecular complexity index is 598. The van der Waals surface area contributed by atoms with Crippen LogP contribution >= 0.6 is 0 Å².